The molecular weight excluding hydrogens is 460 g/mol. The molecule has 0 spiro atoms. The number of likely N-dealkylation sites (N-methyl/N-ethyl adjacent to an activating group) is 1. The number of hydrogen-bond acceptors (Lipinski definition) is 5. The summed E-state index contributed by atoms with van der Waals surface area (Å²) in [5, 5.41) is 1.28. The Hall–Kier alpha value is -2.19. The van der Waals surface area contributed by atoms with E-state index in [1.165, 1.54) is 22.0 Å². The zero-order valence-electron chi connectivity index (χ0n) is 21.5. The second-order valence-electron chi connectivity index (χ2n) is 11.3. The molecule has 1 saturated heterocycles. The molecule has 0 amide bonds. The van der Waals surface area contributed by atoms with Crippen LogP contribution in [0.4, 0.5) is 0 Å². The number of ether oxygens (including phenoxy) is 1. The quantitative estimate of drug-likeness (QED) is 0.474. The van der Waals surface area contributed by atoms with Crippen LogP contribution in [-0.2, 0) is 36.6 Å². The van der Waals surface area contributed by atoms with Crippen LogP contribution in [0.25, 0.3) is 10.9 Å². The molecule has 7 heteroatoms. The van der Waals surface area contributed by atoms with Crippen LogP contribution in [0.5, 0.6) is 0 Å². The molecule has 0 bridgehead atoms. The van der Waals surface area contributed by atoms with Gasteiger partial charge in [0.25, 0.3) is 10.1 Å². The Balaban J connectivity index is 1.49. The summed E-state index contributed by atoms with van der Waals surface area (Å²) >= 11 is 0. The molecule has 0 radical (unpaired) electrons. The van der Waals surface area contributed by atoms with Gasteiger partial charge in [0.05, 0.1) is 11.5 Å². The van der Waals surface area contributed by atoms with Crippen molar-refractivity contribution in [2.45, 2.75) is 62.6 Å². The molecule has 5 rings (SSSR count). The van der Waals surface area contributed by atoms with Crippen molar-refractivity contribution >= 4 is 21.0 Å². The molecule has 6 nitrogen and oxygen atoms in total. The number of likely N-dealkylation sites (tertiary alicyclic amines) is 1. The topological polar surface area (TPSA) is 60.8 Å². The van der Waals surface area contributed by atoms with Crippen molar-refractivity contribution < 1.29 is 17.3 Å². The van der Waals surface area contributed by atoms with Gasteiger partial charge in [-0.1, -0.05) is 29.8 Å². The summed E-state index contributed by atoms with van der Waals surface area (Å²) in [6.45, 7) is 9.51. The standard InChI is InChI=1S/C28H36N2O4S/c1-19-10-12-22(13-11-19)35(31,32)34-18-20-15-28(33-6)23-8-7-9-24-26(23)21(14-25(28)29(5)16-20)17-30(24)27(2,3)4/h7-13,17,20,25H,14-16,18H2,1-6H3/t20-,25-,28?/m1/s1. The van der Waals surface area contributed by atoms with Crippen LogP contribution in [0.3, 0.4) is 0 Å². The summed E-state index contributed by atoms with van der Waals surface area (Å²) < 4.78 is 40.0. The van der Waals surface area contributed by atoms with Crippen molar-refractivity contribution in [2.75, 3.05) is 27.3 Å². The van der Waals surface area contributed by atoms with Crippen LogP contribution < -0.4 is 0 Å². The van der Waals surface area contributed by atoms with E-state index in [1.807, 2.05) is 6.92 Å². The van der Waals surface area contributed by atoms with E-state index in [1.54, 1.807) is 31.4 Å². The number of aromatic nitrogens is 1. The summed E-state index contributed by atoms with van der Waals surface area (Å²) in [6, 6.07) is 13.5. The lowest BCUT2D eigenvalue weighted by molar-refractivity contribution is -0.129. The fourth-order valence-corrected chi connectivity index (χ4v) is 7.15. The summed E-state index contributed by atoms with van der Waals surface area (Å²) in [7, 11) is 0.0909. The molecule has 35 heavy (non-hydrogen) atoms. The van der Waals surface area contributed by atoms with Crippen molar-refractivity contribution in [3.05, 3.63) is 65.4 Å². The number of aryl methyl sites for hydroxylation is 1. The maximum absolute atomic E-state index is 12.8. The minimum Gasteiger partial charge on any atom is -0.372 e. The highest BCUT2D eigenvalue weighted by molar-refractivity contribution is 7.86. The number of nitrogens with zero attached hydrogens (tertiary/aromatic N) is 2. The van der Waals surface area contributed by atoms with Crippen molar-refractivity contribution in [3.63, 3.8) is 0 Å². The SMILES string of the molecule is COC12C[C@@H](COS(=O)(=O)c3ccc(C)cc3)CN(C)[C@@H]1Cc1cn(C(C)(C)C)c3cccc2c13. The van der Waals surface area contributed by atoms with Crippen LogP contribution in [-0.4, -0.2) is 51.2 Å². The van der Waals surface area contributed by atoms with Gasteiger partial charge in [-0.15, -0.1) is 0 Å². The largest absolute Gasteiger partial charge is 0.372 e. The molecule has 1 aliphatic carbocycles. The Morgan fingerprint density at radius 2 is 1.83 bits per heavy atom. The van der Waals surface area contributed by atoms with E-state index in [0.29, 0.717) is 6.42 Å². The molecule has 1 unspecified atom stereocenters. The number of hydrogen-bond donors (Lipinski definition) is 0. The number of fused-ring (bicyclic) bond motifs is 2. The number of methoxy groups -OCH3 is 1. The normalized spacial score (nSPS) is 25.1. The highest BCUT2D eigenvalue weighted by Gasteiger charge is 2.52. The fourth-order valence-electron chi connectivity index (χ4n) is 6.17. The van der Waals surface area contributed by atoms with Crippen LogP contribution in [0.1, 0.15) is 43.9 Å². The zero-order valence-corrected chi connectivity index (χ0v) is 22.4. The molecule has 1 fully saturated rings. The lowest BCUT2D eigenvalue weighted by atomic mass is 9.69. The third-order valence-corrected chi connectivity index (χ3v) is 9.14. The van der Waals surface area contributed by atoms with E-state index >= 15 is 0 Å². The highest BCUT2D eigenvalue weighted by Crippen LogP contribution is 2.50. The Labute approximate surface area is 209 Å². The van der Waals surface area contributed by atoms with E-state index in [-0.39, 0.29) is 29.0 Å². The monoisotopic (exact) mass is 496 g/mol. The molecule has 0 N–H and O–H groups in total. The van der Waals surface area contributed by atoms with Crippen molar-refractivity contribution in [2.24, 2.45) is 5.92 Å². The van der Waals surface area contributed by atoms with Gasteiger partial charge in [0.2, 0.25) is 0 Å². The van der Waals surface area contributed by atoms with Gasteiger partial charge in [0.15, 0.2) is 0 Å². The molecule has 2 aliphatic rings. The third kappa shape index (κ3) is 4.02. The zero-order chi connectivity index (χ0) is 25.2. The minimum atomic E-state index is -3.81. The molecule has 1 aliphatic heterocycles. The summed E-state index contributed by atoms with van der Waals surface area (Å²) in [5.74, 6) is 0.0120. The van der Waals surface area contributed by atoms with Gasteiger partial charge in [-0.3, -0.25) is 9.08 Å². The van der Waals surface area contributed by atoms with Crippen molar-refractivity contribution in [1.82, 2.24) is 9.47 Å². The lowest BCUT2D eigenvalue weighted by Gasteiger charge is -2.53. The number of benzene rings is 2. The Morgan fingerprint density at radius 1 is 1.11 bits per heavy atom. The molecule has 2 heterocycles. The van der Waals surface area contributed by atoms with E-state index in [0.717, 1.165) is 18.5 Å². The van der Waals surface area contributed by atoms with Crippen LogP contribution in [0.2, 0.25) is 0 Å². The second-order valence-corrected chi connectivity index (χ2v) is 12.9. The fraction of sp³-hybridized carbons (Fsp3) is 0.500. The number of piperidine rings is 1. The highest BCUT2D eigenvalue weighted by atomic mass is 32.2. The third-order valence-electron chi connectivity index (χ3n) is 7.84. The van der Waals surface area contributed by atoms with Gasteiger partial charge in [0, 0.05) is 42.3 Å². The van der Waals surface area contributed by atoms with Gasteiger partial charge in [0.1, 0.15) is 5.60 Å². The van der Waals surface area contributed by atoms with Crippen molar-refractivity contribution in [1.29, 1.82) is 0 Å². The van der Waals surface area contributed by atoms with Gasteiger partial charge in [-0.2, -0.15) is 8.42 Å². The first-order valence-electron chi connectivity index (χ1n) is 12.3. The van der Waals surface area contributed by atoms with Gasteiger partial charge in [-0.25, -0.2) is 0 Å². The first-order chi connectivity index (χ1) is 16.5. The van der Waals surface area contributed by atoms with E-state index in [9.17, 15) is 8.42 Å². The molecule has 3 atom stereocenters. The summed E-state index contributed by atoms with van der Waals surface area (Å²) in [6.07, 6.45) is 3.92. The predicted octanol–water partition coefficient (Wildman–Crippen LogP) is 4.83. The first kappa shape index (κ1) is 24.5. The van der Waals surface area contributed by atoms with E-state index < -0.39 is 15.7 Å². The second kappa shape index (κ2) is 8.44. The van der Waals surface area contributed by atoms with Gasteiger partial charge in [-0.05, 0) is 82.8 Å². The Morgan fingerprint density at radius 3 is 2.49 bits per heavy atom. The van der Waals surface area contributed by atoms with E-state index in [4.69, 9.17) is 8.92 Å². The molecule has 3 aromatic rings. The first-order valence-corrected chi connectivity index (χ1v) is 13.7. The summed E-state index contributed by atoms with van der Waals surface area (Å²) in [4.78, 5) is 2.53. The maximum atomic E-state index is 12.8. The molecule has 1 aromatic heterocycles. The van der Waals surface area contributed by atoms with E-state index in [2.05, 4.69) is 61.7 Å². The molecule has 188 valence electrons. The number of rotatable bonds is 5. The Bertz CT molecular complexity index is 1350. The lowest BCUT2D eigenvalue weighted by Crippen LogP contribution is -2.59. The van der Waals surface area contributed by atoms with Crippen LogP contribution in [0, 0.1) is 12.8 Å². The van der Waals surface area contributed by atoms with Gasteiger partial charge < -0.3 is 9.30 Å². The van der Waals surface area contributed by atoms with Crippen molar-refractivity contribution in [3.8, 4) is 0 Å². The van der Waals surface area contributed by atoms with Crippen LogP contribution >= 0.6 is 0 Å². The maximum Gasteiger partial charge on any atom is 0.296 e. The Kier molecular flexibility index (Phi) is 5.91. The molecule has 2 aromatic carbocycles. The summed E-state index contributed by atoms with van der Waals surface area (Å²) in [5.41, 5.74) is 4.24. The smallest absolute Gasteiger partial charge is 0.296 e. The van der Waals surface area contributed by atoms with Gasteiger partial charge >= 0.3 is 0 Å². The molecule has 0 saturated carbocycles. The molecular formula is C28H36N2O4S. The predicted molar refractivity (Wildman–Crippen MR) is 138 cm³/mol. The average Bonchev–Trinajstić information content (AvgIpc) is 3.19. The minimum absolute atomic E-state index is 0.0120. The van der Waals surface area contributed by atoms with Crippen LogP contribution in [0.15, 0.2) is 53.6 Å². The average molecular weight is 497 g/mol.